The number of nitrogens with zero attached hydrogens (tertiary/aromatic N) is 2. The van der Waals surface area contributed by atoms with Crippen LogP contribution in [0.15, 0.2) is 18.2 Å². The number of halogens is 1. The van der Waals surface area contributed by atoms with Crippen molar-refractivity contribution in [2.75, 3.05) is 13.1 Å². The average Bonchev–Trinajstić information content (AvgIpc) is 2.76. The summed E-state index contributed by atoms with van der Waals surface area (Å²) < 4.78 is 13.7. The second-order valence-electron chi connectivity index (χ2n) is 9.83. The lowest BCUT2D eigenvalue weighted by Crippen LogP contribution is -2.65. The second-order valence-corrected chi connectivity index (χ2v) is 9.83. The Balaban J connectivity index is 0.000000913. The van der Waals surface area contributed by atoms with Crippen LogP contribution in [0.2, 0.25) is 0 Å². The molecule has 0 saturated carbocycles. The molecule has 3 heterocycles. The number of piperidine rings is 3. The van der Waals surface area contributed by atoms with Crippen LogP contribution in [0.4, 0.5) is 4.39 Å². The van der Waals surface area contributed by atoms with Crippen molar-refractivity contribution in [2.45, 2.75) is 71.4 Å². The number of fused-ring (bicyclic) bond motifs is 4. The highest BCUT2D eigenvalue weighted by Gasteiger charge is 2.49. The van der Waals surface area contributed by atoms with Gasteiger partial charge in [-0.3, -0.25) is 14.4 Å². The van der Waals surface area contributed by atoms with Gasteiger partial charge in [0, 0.05) is 37.2 Å². The maximum absolute atomic E-state index is 13.7. The number of aryl methyl sites for hydroxylation is 1. The molecular formula is C25H35FN2O4. The molecule has 0 unspecified atom stereocenters. The van der Waals surface area contributed by atoms with Crippen LogP contribution >= 0.6 is 0 Å². The minimum atomic E-state index is -0.276. The highest BCUT2D eigenvalue weighted by molar-refractivity contribution is 5.94. The standard InChI is InChI=1S/C24H33FN2O2.CH2O2/c1-15(2)7-10-22-19-12-18(21-5-4-6-23(28)27(21)22)13-26(14-19)24(29)17-8-9-20(25)16(3)11-17;2-1-3/h8-9,11,15,18-19,21-22H,4-7,10,12-14H2,1-3H3;1H,(H,2,3)/t18-,19+,21+,22+;/m1./s1. The SMILES string of the molecule is Cc1cc(C(=O)N2C[C@H]3C[C@@H](C2)[C@H](CCC(C)C)N2C(=O)CCC[C@@H]32)ccc1F.O=CO. The molecule has 2 bridgehead atoms. The first-order valence-electron chi connectivity index (χ1n) is 11.7. The summed E-state index contributed by atoms with van der Waals surface area (Å²) in [5, 5.41) is 6.89. The van der Waals surface area contributed by atoms with E-state index >= 15 is 0 Å². The molecule has 0 aliphatic carbocycles. The highest BCUT2D eigenvalue weighted by Crippen LogP contribution is 2.43. The minimum absolute atomic E-state index is 0.000922. The van der Waals surface area contributed by atoms with Gasteiger partial charge >= 0.3 is 0 Å². The molecule has 3 aliphatic rings. The lowest BCUT2D eigenvalue weighted by molar-refractivity contribution is -0.152. The number of likely N-dealkylation sites (tertiary alicyclic amines) is 1. The van der Waals surface area contributed by atoms with E-state index in [0.29, 0.717) is 54.3 Å². The van der Waals surface area contributed by atoms with Gasteiger partial charge in [-0.2, -0.15) is 0 Å². The molecule has 3 saturated heterocycles. The zero-order valence-electron chi connectivity index (χ0n) is 19.3. The van der Waals surface area contributed by atoms with Crippen molar-refractivity contribution in [3.05, 3.63) is 35.1 Å². The Hall–Kier alpha value is -2.44. The van der Waals surface area contributed by atoms with Gasteiger partial charge in [0.15, 0.2) is 0 Å². The maximum atomic E-state index is 13.7. The normalized spacial score (nSPS) is 26.8. The van der Waals surface area contributed by atoms with Gasteiger partial charge in [0.1, 0.15) is 5.82 Å². The molecule has 3 aliphatic heterocycles. The molecule has 0 spiro atoms. The molecular weight excluding hydrogens is 411 g/mol. The third-order valence-electron chi connectivity index (χ3n) is 7.23. The molecule has 1 aromatic carbocycles. The number of amides is 2. The fourth-order valence-electron chi connectivity index (χ4n) is 5.78. The molecule has 6 nitrogen and oxygen atoms in total. The lowest BCUT2D eigenvalue weighted by Gasteiger charge is -2.57. The number of carboxylic acid groups (broad SMARTS) is 1. The lowest BCUT2D eigenvalue weighted by atomic mass is 9.70. The van der Waals surface area contributed by atoms with Crippen LogP contribution in [0.3, 0.4) is 0 Å². The first-order chi connectivity index (χ1) is 15.3. The van der Waals surface area contributed by atoms with Crippen LogP contribution in [0, 0.1) is 30.5 Å². The van der Waals surface area contributed by atoms with Gasteiger partial charge in [0.25, 0.3) is 12.4 Å². The monoisotopic (exact) mass is 446 g/mol. The van der Waals surface area contributed by atoms with Gasteiger partial charge in [-0.25, -0.2) is 4.39 Å². The molecule has 32 heavy (non-hydrogen) atoms. The van der Waals surface area contributed by atoms with Crippen molar-refractivity contribution < 1.29 is 23.9 Å². The molecule has 1 aromatic rings. The third kappa shape index (κ3) is 5.13. The summed E-state index contributed by atoms with van der Waals surface area (Å²) in [6.07, 6.45) is 5.93. The number of carbonyl (C=O) groups excluding carboxylic acids is 2. The second kappa shape index (κ2) is 10.5. The fraction of sp³-hybridized carbons (Fsp3) is 0.640. The van der Waals surface area contributed by atoms with E-state index in [-0.39, 0.29) is 30.3 Å². The van der Waals surface area contributed by atoms with Crippen LogP contribution in [-0.4, -0.2) is 58.4 Å². The fourth-order valence-corrected chi connectivity index (χ4v) is 5.78. The van der Waals surface area contributed by atoms with E-state index in [1.54, 1.807) is 19.1 Å². The van der Waals surface area contributed by atoms with Gasteiger partial charge in [-0.15, -0.1) is 0 Å². The topological polar surface area (TPSA) is 77.9 Å². The van der Waals surface area contributed by atoms with Crippen molar-refractivity contribution in [3.8, 4) is 0 Å². The summed E-state index contributed by atoms with van der Waals surface area (Å²) in [4.78, 5) is 38.6. The Morgan fingerprint density at radius 3 is 2.62 bits per heavy atom. The van der Waals surface area contributed by atoms with Gasteiger partial charge in [-0.05, 0) is 80.5 Å². The van der Waals surface area contributed by atoms with Crippen LogP contribution in [0.5, 0.6) is 0 Å². The molecule has 3 fully saturated rings. The predicted molar refractivity (Wildman–Crippen MR) is 120 cm³/mol. The highest BCUT2D eigenvalue weighted by atomic mass is 19.1. The van der Waals surface area contributed by atoms with E-state index < -0.39 is 0 Å². The first-order valence-corrected chi connectivity index (χ1v) is 11.7. The smallest absolute Gasteiger partial charge is 0.290 e. The summed E-state index contributed by atoms with van der Waals surface area (Å²) in [7, 11) is 0. The van der Waals surface area contributed by atoms with Gasteiger partial charge in [0.2, 0.25) is 5.91 Å². The molecule has 0 aromatic heterocycles. The summed E-state index contributed by atoms with van der Waals surface area (Å²) in [6, 6.07) is 5.17. The van der Waals surface area contributed by atoms with E-state index in [0.717, 1.165) is 32.1 Å². The zero-order chi connectivity index (χ0) is 23.4. The summed E-state index contributed by atoms with van der Waals surface area (Å²) in [5.41, 5.74) is 1.08. The van der Waals surface area contributed by atoms with Crippen molar-refractivity contribution in [1.29, 1.82) is 0 Å². The van der Waals surface area contributed by atoms with E-state index in [9.17, 15) is 14.0 Å². The van der Waals surface area contributed by atoms with Crippen molar-refractivity contribution in [1.82, 2.24) is 9.80 Å². The molecule has 1 N–H and O–H groups in total. The number of hydrogen-bond acceptors (Lipinski definition) is 3. The number of rotatable bonds is 4. The van der Waals surface area contributed by atoms with E-state index in [2.05, 4.69) is 18.7 Å². The average molecular weight is 447 g/mol. The van der Waals surface area contributed by atoms with E-state index in [1.165, 1.54) is 6.07 Å². The van der Waals surface area contributed by atoms with Crippen LogP contribution in [0.1, 0.15) is 68.3 Å². The summed E-state index contributed by atoms with van der Waals surface area (Å²) in [6.45, 7) is 7.32. The summed E-state index contributed by atoms with van der Waals surface area (Å²) >= 11 is 0. The molecule has 0 radical (unpaired) electrons. The maximum Gasteiger partial charge on any atom is 0.290 e. The predicted octanol–water partition coefficient (Wildman–Crippen LogP) is 4.11. The van der Waals surface area contributed by atoms with Crippen molar-refractivity contribution in [3.63, 3.8) is 0 Å². The van der Waals surface area contributed by atoms with Gasteiger partial charge < -0.3 is 14.9 Å². The van der Waals surface area contributed by atoms with Crippen LogP contribution < -0.4 is 0 Å². The van der Waals surface area contributed by atoms with Gasteiger partial charge in [-0.1, -0.05) is 13.8 Å². The Morgan fingerprint density at radius 2 is 1.97 bits per heavy atom. The molecule has 2 amide bonds. The largest absolute Gasteiger partial charge is 0.483 e. The zero-order valence-corrected chi connectivity index (χ0v) is 19.3. The Morgan fingerprint density at radius 1 is 1.28 bits per heavy atom. The van der Waals surface area contributed by atoms with Crippen molar-refractivity contribution >= 4 is 18.3 Å². The first kappa shape index (κ1) is 24.2. The van der Waals surface area contributed by atoms with Crippen LogP contribution in [0.25, 0.3) is 0 Å². The number of carbonyl (C=O) groups is 3. The van der Waals surface area contributed by atoms with E-state index in [1.807, 2.05) is 4.90 Å². The molecule has 176 valence electrons. The Labute approximate surface area is 189 Å². The van der Waals surface area contributed by atoms with Crippen molar-refractivity contribution in [2.24, 2.45) is 17.8 Å². The minimum Gasteiger partial charge on any atom is -0.483 e. The molecule has 4 rings (SSSR count). The van der Waals surface area contributed by atoms with E-state index in [4.69, 9.17) is 9.90 Å². The number of hydrogen-bond donors (Lipinski definition) is 1. The molecule has 4 atom stereocenters. The number of benzene rings is 1. The van der Waals surface area contributed by atoms with Gasteiger partial charge in [0.05, 0.1) is 0 Å². The Bertz CT molecular complexity index is 843. The molecule has 7 heteroatoms. The quantitative estimate of drug-likeness (QED) is 0.706. The third-order valence-corrected chi connectivity index (χ3v) is 7.23. The summed E-state index contributed by atoms with van der Waals surface area (Å²) in [5.74, 6) is 1.35. The Kier molecular flexibility index (Phi) is 7.91. The van der Waals surface area contributed by atoms with Crippen LogP contribution in [-0.2, 0) is 9.59 Å².